The van der Waals surface area contributed by atoms with Gasteiger partial charge in [0.15, 0.2) is 5.65 Å². The third-order valence-corrected chi connectivity index (χ3v) is 4.60. The molecule has 0 radical (unpaired) electrons. The van der Waals surface area contributed by atoms with E-state index in [1.54, 1.807) is 0 Å². The third kappa shape index (κ3) is 2.01. The summed E-state index contributed by atoms with van der Waals surface area (Å²) in [5, 5.41) is 0. The fraction of sp³-hybridized carbons (Fsp3) is 0.750. The lowest BCUT2D eigenvalue weighted by atomic mass is 9.75. The molecule has 0 saturated heterocycles. The summed E-state index contributed by atoms with van der Waals surface area (Å²) in [5.74, 6) is -12.5. The monoisotopic (exact) mass is 373 g/mol. The lowest BCUT2D eigenvalue weighted by Gasteiger charge is -2.30. The summed E-state index contributed by atoms with van der Waals surface area (Å²) in [7, 11) is 0. The van der Waals surface area contributed by atoms with Gasteiger partial charge in [-0.05, 0) is 62.3 Å². The number of hydrogen-bond acceptors (Lipinski definition) is 3. The van der Waals surface area contributed by atoms with E-state index in [0.29, 0.717) is 9.13 Å². The summed E-state index contributed by atoms with van der Waals surface area (Å²) in [6.07, 6.45) is -23.6. The van der Waals surface area contributed by atoms with Gasteiger partial charge in [-0.2, -0.15) is 0 Å². The average molecular weight is 374 g/mol. The molecule has 0 amide bonds. The molecule has 2 aromatic heterocycles. The van der Waals surface area contributed by atoms with Crippen LogP contribution in [0.2, 0.25) is 0 Å². The van der Waals surface area contributed by atoms with Gasteiger partial charge in [0.05, 0.1) is 0 Å². The lowest BCUT2D eigenvalue weighted by molar-refractivity contribution is 0.262. The first kappa shape index (κ1) is 6.35. The molecule has 2 aromatic rings. The van der Waals surface area contributed by atoms with Crippen LogP contribution < -0.4 is 11.2 Å². The largest absolute Gasteiger partial charge is 0.336 e. The quantitative estimate of drug-likeness (QED) is 0.876. The maximum atomic E-state index is 13.5. The van der Waals surface area contributed by atoms with Crippen LogP contribution >= 0.6 is 0 Å². The minimum absolute atomic E-state index is 0.390. The van der Waals surface area contributed by atoms with Crippen molar-refractivity contribution in [2.45, 2.75) is 77.0 Å². The van der Waals surface area contributed by atoms with Crippen molar-refractivity contribution >= 4 is 11.2 Å². The predicted octanol–water partition coefficient (Wildman–Crippen LogP) is 2.78. The van der Waals surface area contributed by atoms with Crippen LogP contribution in [0.5, 0.6) is 0 Å². The first-order valence-electron chi connectivity index (χ1n) is 16.6. The summed E-state index contributed by atoms with van der Waals surface area (Å²) < 4.78 is 148. The van der Waals surface area contributed by atoms with E-state index in [1.165, 1.54) is 0 Å². The minimum Gasteiger partial charge on any atom is -0.336 e. The predicted molar refractivity (Wildman–Crippen MR) is 100 cm³/mol. The Morgan fingerprint density at radius 1 is 1.19 bits per heavy atom. The van der Waals surface area contributed by atoms with E-state index in [2.05, 4.69) is 9.97 Å². The topological polar surface area (TPSA) is 72.7 Å². The highest BCUT2D eigenvalue weighted by molar-refractivity contribution is 5.70. The van der Waals surface area contributed by atoms with Crippen molar-refractivity contribution in [1.82, 2.24) is 19.1 Å². The van der Waals surface area contributed by atoms with Gasteiger partial charge in [0.25, 0.3) is 5.56 Å². The van der Waals surface area contributed by atoms with E-state index in [-0.39, 0.29) is 0 Å². The second kappa shape index (κ2) is 5.57. The molecule has 0 spiro atoms. The van der Waals surface area contributed by atoms with E-state index in [4.69, 9.17) is 21.9 Å². The Kier molecular flexibility index (Phi) is 1.36. The van der Waals surface area contributed by atoms with E-state index in [1.807, 2.05) is 0 Å². The number of nitrogens with zero attached hydrogens (tertiary/aromatic N) is 3. The highest BCUT2D eigenvalue weighted by Gasteiger charge is 2.59. The Hall–Kier alpha value is -1.85. The zero-order valence-electron chi connectivity index (χ0n) is 31.1. The van der Waals surface area contributed by atoms with Crippen molar-refractivity contribution in [2.24, 2.45) is 17.7 Å². The molecule has 4 bridgehead atoms. The standard InChI is InChI=1S/C20H28N4O2/c1-3-5-23-16-15(17(25)24(6-4-2)19(23)26)21-18(22-16)20-10-12-7-13(11-20)9-14(20)8-12/h12-14H,3-11H2,1-2H3,(H,21,22)/i3D2,4D2,7D2,8D2,9D2,10D2,11D2,12D,13D,14D. The van der Waals surface area contributed by atoms with Gasteiger partial charge in [-0.1, -0.05) is 13.8 Å². The maximum absolute atomic E-state index is 13.5. The van der Waals surface area contributed by atoms with Crippen LogP contribution in [0.4, 0.5) is 0 Å². The molecule has 2 heterocycles. The van der Waals surface area contributed by atoms with Crippen molar-refractivity contribution < 1.29 is 23.3 Å². The fourth-order valence-corrected chi connectivity index (χ4v) is 3.49. The number of nitrogens with one attached hydrogen (secondary N) is 1. The molecule has 26 heavy (non-hydrogen) atoms. The second-order valence-corrected chi connectivity index (χ2v) is 6.25. The van der Waals surface area contributed by atoms with Crippen molar-refractivity contribution in [3.8, 4) is 0 Å². The number of imidazole rings is 1. The molecule has 1 N–H and O–H groups in total. The van der Waals surface area contributed by atoms with Gasteiger partial charge in [0, 0.05) is 41.8 Å². The molecule has 6 nitrogen and oxygen atoms in total. The molecule has 4 aliphatic carbocycles. The second-order valence-electron chi connectivity index (χ2n) is 6.25. The molecule has 0 aromatic carbocycles. The SMILES string of the molecule is [2H]C([2H])(C)Cn1c(=O)c2[nH]c(C34C([2H])([2H])C5([2H])C([2H])([2H])C([2H])(C([2H])([2H])C3([2H])C5([2H])[2H])C4([2H])[2H])nc2n(CC([2H])([2H])C)c1=O. The van der Waals surface area contributed by atoms with Crippen molar-refractivity contribution in [2.75, 3.05) is 0 Å². The number of aromatic amines is 1. The average Bonchev–Trinajstić information content (AvgIpc) is 3.30. The first-order valence-corrected chi connectivity index (χ1v) is 8.09. The van der Waals surface area contributed by atoms with E-state index in [9.17, 15) is 11.0 Å². The number of aryl methyl sites for hydroxylation is 1. The van der Waals surface area contributed by atoms with Gasteiger partial charge in [0.1, 0.15) is 11.3 Å². The molecule has 4 saturated carbocycles. The van der Waals surface area contributed by atoms with Crippen LogP contribution in [0.25, 0.3) is 11.2 Å². The van der Waals surface area contributed by atoms with Crippen LogP contribution in [0.3, 0.4) is 0 Å². The number of rotatable bonds is 5. The smallest absolute Gasteiger partial charge is 0.332 e. The molecule has 140 valence electrons. The molecule has 2 atom stereocenters. The van der Waals surface area contributed by atoms with E-state index >= 15 is 0 Å². The maximum Gasteiger partial charge on any atom is 0.332 e. The third-order valence-electron chi connectivity index (χ3n) is 4.60. The fourth-order valence-electron chi connectivity index (χ4n) is 3.49. The highest BCUT2D eigenvalue weighted by Crippen LogP contribution is 2.65. The van der Waals surface area contributed by atoms with Crippen LogP contribution in [0.15, 0.2) is 9.59 Å². The van der Waals surface area contributed by atoms with Crippen LogP contribution in [-0.2, 0) is 18.5 Å². The zero-order valence-corrected chi connectivity index (χ0v) is 14.1. The van der Waals surface area contributed by atoms with Crippen LogP contribution in [0.1, 0.15) is 87.6 Å². The van der Waals surface area contributed by atoms with Gasteiger partial charge in [-0.25, -0.2) is 9.78 Å². The lowest BCUT2D eigenvalue weighted by Crippen LogP contribution is -2.40. The van der Waals surface area contributed by atoms with E-state index < -0.39 is 109 Å². The Morgan fingerprint density at radius 3 is 2.50 bits per heavy atom. The summed E-state index contributed by atoms with van der Waals surface area (Å²) in [6, 6.07) is 0. The van der Waals surface area contributed by atoms with Gasteiger partial charge >= 0.3 is 5.69 Å². The van der Waals surface area contributed by atoms with Crippen molar-refractivity contribution in [3.05, 3.63) is 26.7 Å². The summed E-state index contributed by atoms with van der Waals surface area (Å²) in [5.41, 5.74) is -7.65. The van der Waals surface area contributed by atoms with Crippen molar-refractivity contribution in [1.29, 1.82) is 0 Å². The van der Waals surface area contributed by atoms with Crippen LogP contribution in [0, 0.1) is 17.7 Å². The molecule has 6 rings (SSSR count). The van der Waals surface area contributed by atoms with Gasteiger partial charge < -0.3 is 4.98 Å². The normalized spacial score (nSPS) is 61.1. The minimum atomic E-state index is -3.89. The van der Waals surface area contributed by atoms with E-state index in [0.717, 1.165) is 13.8 Å². The highest BCUT2D eigenvalue weighted by atomic mass is 16.2. The van der Waals surface area contributed by atoms with Gasteiger partial charge in [0.2, 0.25) is 0 Å². The molecular weight excluding hydrogens is 328 g/mol. The Bertz CT molecular complexity index is 1650. The van der Waals surface area contributed by atoms with Gasteiger partial charge in [-0.15, -0.1) is 0 Å². The Balaban J connectivity index is 2.02. The Labute approximate surface area is 176 Å². The molecule has 2 unspecified atom stereocenters. The summed E-state index contributed by atoms with van der Waals surface area (Å²) >= 11 is 0. The number of aromatic nitrogens is 4. The molecule has 4 fully saturated rings. The molecular formula is C20H28N4O2. The summed E-state index contributed by atoms with van der Waals surface area (Å²) in [6.45, 7) is 0.421. The van der Waals surface area contributed by atoms with Crippen LogP contribution in [-0.4, -0.2) is 19.1 Å². The number of hydrogen-bond donors (Lipinski definition) is 1. The van der Waals surface area contributed by atoms with Crippen molar-refractivity contribution in [3.63, 3.8) is 0 Å². The Morgan fingerprint density at radius 2 is 1.85 bits per heavy atom. The first-order chi connectivity index (χ1) is 18.8. The number of H-pyrrole nitrogens is 1. The van der Waals surface area contributed by atoms with Gasteiger partial charge in [-0.3, -0.25) is 13.9 Å². The number of fused-ring (bicyclic) bond motifs is 1. The molecule has 6 heteroatoms. The molecule has 4 aliphatic rings. The summed E-state index contributed by atoms with van der Waals surface area (Å²) in [4.78, 5) is 33.2. The zero-order chi connectivity index (χ0) is 33.4. The molecule has 0 aliphatic heterocycles.